The SMILES string of the molecule is Cc1c(Cl)cccc1N1CCCN(C(=O)NCCCC(=O)O)CC1. The molecule has 7 heteroatoms. The summed E-state index contributed by atoms with van der Waals surface area (Å²) in [5.74, 6) is -0.841. The number of halogens is 1. The highest BCUT2D eigenvalue weighted by Gasteiger charge is 2.20. The van der Waals surface area contributed by atoms with Crippen LogP contribution in [0.3, 0.4) is 0 Å². The predicted molar refractivity (Wildman–Crippen MR) is 94.9 cm³/mol. The number of benzene rings is 1. The van der Waals surface area contributed by atoms with E-state index in [0.29, 0.717) is 26.1 Å². The lowest BCUT2D eigenvalue weighted by Crippen LogP contribution is -2.42. The number of nitrogens with one attached hydrogen (secondary N) is 1. The summed E-state index contributed by atoms with van der Waals surface area (Å²) in [6.45, 7) is 5.36. The molecule has 6 nitrogen and oxygen atoms in total. The number of nitrogens with zero attached hydrogens (tertiary/aromatic N) is 2. The van der Waals surface area contributed by atoms with Gasteiger partial charge in [0.05, 0.1) is 0 Å². The fourth-order valence-corrected chi connectivity index (χ4v) is 3.02. The summed E-state index contributed by atoms with van der Waals surface area (Å²) >= 11 is 6.20. The lowest BCUT2D eigenvalue weighted by atomic mass is 10.1. The summed E-state index contributed by atoms with van der Waals surface area (Å²) in [6.07, 6.45) is 1.40. The van der Waals surface area contributed by atoms with Crippen LogP contribution in [0.1, 0.15) is 24.8 Å². The van der Waals surface area contributed by atoms with Crippen LogP contribution in [0.4, 0.5) is 10.5 Å². The summed E-state index contributed by atoms with van der Waals surface area (Å²) in [4.78, 5) is 26.7. The molecule has 0 atom stereocenters. The van der Waals surface area contributed by atoms with Crippen LogP contribution in [0.2, 0.25) is 5.02 Å². The number of amides is 2. The van der Waals surface area contributed by atoms with Crippen LogP contribution < -0.4 is 10.2 Å². The van der Waals surface area contributed by atoms with E-state index in [1.54, 1.807) is 4.90 Å². The minimum atomic E-state index is -0.841. The molecule has 2 N–H and O–H groups in total. The van der Waals surface area contributed by atoms with E-state index < -0.39 is 5.97 Å². The number of hydrogen-bond acceptors (Lipinski definition) is 3. The number of carboxylic acids is 1. The molecule has 0 bridgehead atoms. The molecule has 1 aromatic carbocycles. The molecule has 1 fully saturated rings. The van der Waals surface area contributed by atoms with E-state index >= 15 is 0 Å². The van der Waals surface area contributed by atoms with Crippen LogP contribution in [-0.2, 0) is 4.79 Å². The molecule has 1 aliphatic rings. The second-order valence-corrected chi connectivity index (χ2v) is 6.35. The van der Waals surface area contributed by atoms with Crippen LogP contribution in [-0.4, -0.2) is 54.7 Å². The molecule has 2 amide bonds. The third kappa shape index (κ3) is 5.03. The van der Waals surface area contributed by atoms with Gasteiger partial charge in [-0.3, -0.25) is 4.79 Å². The lowest BCUT2D eigenvalue weighted by molar-refractivity contribution is -0.137. The zero-order chi connectivity index (χ0) is 17.5. The van der Waals surface area contributed by atoms with Gasteiger partial charge >= 0.3 is 12.0 Å². The molecular formula is C17H24ClN3O3. The standard InChI is InChI=1S/C17H24ClN3O3/c1-13-14(18)5-2-6-15(13)20-9-4-10-21(12-11-20)17(24)19-8-3-7-16(22)23/h2,5-6H,3-4,7-12H2,1H3,(H,19,24)(H,22,23). The Morgan fingerprint density at radius 3 is 2.79 bits per heavy atom. The average molecular weight is 354 g/mol. The second-order valence-electron chi connectivity index (χ2n) is 5.94. The largest absolute Gasteiger partial charge is 0.481 e. The van der Waals surface area contributed by atoms with E-state index in [2.05, 4.69) is 16.3 Å². The molecular weight excluding hydrogens is 330 g/mol. The van der Waals surface area contributed by atoms with Crippen LogP contribution in [0, 0.1) is 6.92 Å². The number of hydrogen-bond donors (Lipinski definition) is 2. The Morgan fingerprint density at radius 2 is 2.04 bits per heavy atom. The quantitative estimate of drug-likeness (QED) is 0.798. The maximum Gasteiger partial charge on any atom is 0.317 e. The third-order valence-electron chi connectivity index (χ3n) is 4.21. The fourth-order valence-electron chi connectivity index (χ4n) is 2.85. The van der Waals surface area contributed by atoms with Gasteiger partial charge in [0.15, 0.2) is 0 Å². The van der Waals surface area contributed by atoms with E-state index in [9.17, 15) is 9.59 Å². The number of carbonyl (C=O) groups excluding carboxylic acids is 1. The van der Waals surface area contributed by atoms with Crippen molar-refractivity contribution in [1.82, 2.24) is 10.2 Å². The van der Waals surface area contributed by atoms with Crippen LogP contribution in [0.15, 0.2) is 18.2 Å². The minimum absolute atomic E-state index is 0.0715. The van der Waals surface area contributed by atoms with Crippen LogP contribution in [0.25, 0.3) is 0 Å². The van der Waals surface area contributed by atoms with Gasteiger partial charge in [0, 0.05) is 49.9 Å². The normalized spacial score (nSPS) is 15.1. The molecule has 2 rings (SSSR count). The van der Waals surface area contributed by atoms with Crippen molar-refractivity contribution in [1.29, 1.82) is 0 Å². The maximum absolute atomic E-state index is 12.2. The van der Waals surface area contributed by atoms with E-state index in [-0.39, 0.29) is 12.5 Å². The van der Waals surface area contributed by atoms with E-state index in [4.69, 9.17) is 16.7 Å². The Balaban J connectivity index is 1.87. The number of aliphatic carboxylic acids is 1. The van der Waals surface area contributed by atoms with Gasteiger partial charge < -0.3 is 20.2 Å². The number of carboxylic acid groups (broad SMARTS) is 1. The molecule has 1 saturated heterocycles. The first-order valence-corrected chi connectivity index (χ1v) is 8.61. The first-order chi connectivity index (χ1) is 11.5. The lowest BCUT2D eigenvalue weighted by Gasteiger charge is -2.25. The first-order valence-electron chi connectivity index (χ1n) is 8.23. The van der Waals surface area contributed by atoms with Gasteiger partial charge in [0.2, 0.25) is 0 Å². The highest BCUT2D eigenvalue weighted by Crippen LogP contribution is 2.27. The molecule has 24 heavy (non-hydrogen) atoms. The van der Waals surface area contributed by atoms with Crippen LogP contribution >= 0.6 is 11.6 Å². The molecule has 0 radical (unpaired) electrons. The third-order valence-corrected chi connectivity index (χ3v) is 4.62. The van der Waals surface area contributed by atoms with Gasteiger partial charge in [-0.15, -0.1) is 0 Å². The minimum Gasteiger partial charge on any atom is -0.481 e. The highest BCUT2D eigenvalue weighted by atomic mass is 35.5. The van der Waals surface area contributed by atoms with Crippen molar-refractivity contribution in [3.8, 4) is 0 Å². The van der Waals surface area contributed by atoms with Crippen LogP contribution in [0.5, 0.6) is 0 Å². The van der Waals surface area contributed by atoms with Gasteiger partial charge in [-0.1, -0.05) is 17.7 Å². The van der Waals surface area contributed by atoms with Crippen molar-refractivity contribution in [2.24, 2.45) is 0 Å². The molecule has 1 heterocycles. The van der Waals surface area contributed by atoms with Gasteiger partial charge in [-0.2, -0.15) is 0 Å². The molecule has 1 aliphatic heterocycles. The Hall–Kier alpha value is -1.95. The van der Waals surface area contributed by atoms with Crippen molar-refractivity contribution in [3.05, 3.63) is 28.8 Å². The summed E-state index contributed by atoms with van der Waals surface area (Å²) in [5.41, 5.74) is 2.18. The molecule has 0 aliphatic carbocycles. The van der Waals surface area contributed by atoms with Crippen molar-refractivity contribution in [3.63, 3.8) is 0 Å². The number of rotatable bonds is 5. The maximum atomic E-state index is 12.2. The molecule has 1 aromatic rings. The molecule has 0 saturated carbocycles. The molecule has 0 unspecified atom stereocenters. The zero-order valence-corrected chi connectivity index (χ0v) is 14.7. The molecule has 0 spiro atoms. The first kappa shape index (κ1) is 18.4. The molecule has 132 valence electrons. The van der Waals surface area contributed by atoms with E-state index in [0.717, 1.165) is 35.8 Å². The monoisotopic (exact) mass is 353 g/mol. The molecule has 0 aromatic heterocycles. The van der Waals surface area contributed by atoms with Crippen molar-refractivity contribution >= 4 is 29.3 Å². The number of anilines is 1. The fraction of sp³-hybridized carbons (Fsp3) is 0.529. The smallest absolute Gasteiger partial charge is 0.317 e. The topological polar surface area (TPSA) is 72.9 Å². The predicted octanol–water partition coefficient (Wildman–Crippen LogP) is 2.73. The van der Waals surface area contributed by atoms with Gasteiger partial charge in [0.25, 0.3) is 0 Å². The highest BCUT2D eigenvalue weighted by molar-refractivity contribution is 6.31. The Morgan fingerprint density at radius 1 is 1.25 bits per heavy atom. The van der Waals surface area contributed by atoms with E-state index in [1.807, 2.05) is 19.1 Å². The number of urea groups is 1. The summed E-state index contributed by atoms with van der Waals surface area (Å²) < 4.78 is 0. The summed E-state index contributed by atoms with van der Waals surface area (Å²) in [5, 5.41) is 12.2. The average Bonchev–Trinajstić information content (AvgIpc) is 2.80. The van der Waals surface area contributed by atoms with Crippen molar-refractivity contribution in [2.45, 2.75) is 26.2 Å². The van der Waals surface area contributed by atoms with Crippen molar-refractivity contribution in [2.75, 3.05) is 37.6 Å². The van der Waals surface area contributed by atoms with Gasteiger partial charge in [-0.05, 0) is 37.5 Å². The second kappa shape index (κ2) is 8.78. The Kier molecular flexibility index (Phi) is 6.73. The summed E-state index contributed by atoms with van der Waals surface area (Å²) in [7, 11) is 0. The van der Waals surface area contributed by atoms with Gasteiger partial charge in [-0.25, -0.2) is 4.79 Å². The summed E-state index contributed by atoms with van der Waals surface area (Å²) in [6, 6.07) is 5.77. The number of carbonyl (C=O) groups is 2. The Bertz CT molecular complexity index is 594. The van der Waals surface area contributed by atoms with Crippen molar-refractivity contribution < 1.29 is 14.7 Å². The van der Waals surface area contributed by atoms with E-state index in [1.165, 1.54) is 0 Å². The zero-order valence-electron chi connectivity index (χ0n) is 13.9. The van der Waals surface area contributed by atoms with Gasteiger partial charge in [0.1, 0.15) is 0 Å². The Labute approximate surface area is 147 Å².